The summed E-state index contributed by atoms with van der Waals surface area (Å²) in [5.74, 6) is -0.0500. The second-order valence-corrected chi connectivity index (χ2v) is 8.52. The first-order valence-electron chi connectivity index (χ1n) is 8.60. The van der Waals surface area contributed by atoms with Gasteiger partial charge in [0.15, 0.2) is 9.84 Å². The molecular formula is C19H22N2O3S. The Morgan fingerprint density at radius 1 is 1.08 bits per heavy atom. The monoisotopic (exact) mass is 358 g/mol. The molecule has 1 aliphatic carbocycles. The first-order chi connectivity index (χ1) is 12.0. The summed E-state index contributed by atoms with van der Waals surface area (Å²) in [6.07, 6.45) is 6.70. The summed E-state index contributed by atoms with van der Waals surface area (Å²) in [7, 11) is -3.41. The highest BCUT2D eigenvalue weighted by Gasteiger charge is 2.24. The molecule has 0 atom stereocenters. The molecule has 1 aromatic carbocycles. The van der Waals surface area contributed by atoms with E-state index in [0.29, 0.717) is 5.69 Å². The third-order valence-electron chi connectivity index (χ3n) is 4.53. The van der Waals surface area contributed by atoms with Crippen LogP contribution in [0.5, 0.6) is 0 Å². The Balaban J connectivity index is 1.75. The number of rotatable bonds is 5. The number of nitrogens with zero attached hydrogens (tertiary/aromatic N) is 1. The van der Waals surface area contributed by atoms with E-state index in [2.05, 4.69) is 10.3 Å². The van der Waals surface area contributed by atoms with E-state index in [0.717, 1.165) is 25.7 Å². The number of hydrogen-bond acceptors (Lipinski definition) is 4. The van der Waals surface area contributed by atoms with Crippen LogP contribution in [0.25, 0.3) is 0 Å². The third kappa shape index (κ3) is 4.66. The number of pyridine rings is 1. The molecule has 0 aliphatic heterocycles. The van der Waals surface area contributed by atoms with E-state index in [-0.39, 0.29) is 22.3 Å². The molecule has 3 rings (SSSR count). The molecule has 1 aliphatic rings. The number of sulfone groups is 1. The lowest BCUT2D eigenvalue weighted by Crippen LogP contribution is -2.20. The highest BCUT2D eigenvalue weighted by atomic mass is 32.2. The Morgan fingerprint density at radius 3 is 2.52 bits per heavy atom. The molecule has 1 heterocycles. The molecule has 1 fully saturated rings. The zero-order valence-electron chi connectivity index (χ0n) is 14.0. The van der Waals surface area contributed by atoms with Crippen LogP contribution in [0.3, 0.4) is 0 Å². The average Bonchev–Trinajstić information content (AvgIpc) is 2.63. The summed E-state index contributed by atoms with van der Waals surface area (Å²) < 4.78 is 25.3. The number of hydrogen-bond donors (Lipinski definition) is 1. The minimum Gasteiger partial charge on any atom is -0.321 e. The van der Waals surface area contributed by atoms with Crippen LogP contribution in [0.4, 0.5) is 5.69 Å². The molecule has 0 radical (unpaired) electrons. The lowest BCUT2D eigenvalue weighted by Gasteiger charge is -2.21. The highest BCUT2D eigenvalue weighted by Crippen LogP contribution is 2.27. The summed E-state index contributed by atoms with van der Waals surface area (Å²) in [5.41, 5.74) is 0.748. The zero-order chi connectivity index (χ0) is 17.7. The third-order valence-corrected chi connectivity index (χ3v) is 6.42. The Hall–Kier alpha value is -2.21. The number of para-hydroxylation sites is 1. The predicted molar refractivity (Wildman–Crippen MR) is 97.3 cm³/mol. The van der Waals surface area contributed by atoms with Gasteiger partial charge >= 0.3 is 0 Å². The minimum absolute atomic E-state index is 0.105. The minimum atomic E-state index is -3.41. The maximum absolute atomic E-state index is 12.7. The fourth-order valence-corrected chi connectivity index (χ4v) is 4.91. The molecule has 0 bridgehead atoms. The normalized spacial score (nSPS) is 15.7. The molecule has 0 saturated heterocycles. The molecule has 2 aromatic rings. The van der Waals surface area contributed by atoms with Crippen molar-refractivity contribution >= 4 is 21.4 Å². The Bertz CT molecular complexity index is 829. The van der Waals surface area contributed by atoms with Gasteiger partial charge in [-0.3, -0.25) is 9.78 Å². The van der Waals surface area contributed by atoms with Crippen LogP contribution in [0, 0.1) is 5.92 Å². The molecule has 1 N–H and O–H groups in total. The second kappa shape index (κ2) is 7.78. The van der Waals surface area contributed by atoms with E-state index in [1.807, 2.05) is 18.2 Å². The van der Waals surface area contributed by atoms with Crippen molar-refractivity contribution in [1.82, 2.24) is 4.98 Å². The van der Waals surface area contributed by atoms with Crippen molar-refractivity contribution in [2.75, 3.05) is 11.1 Å². The number of carbonyl (C=O) groups excluding carboxylic acids is 1. The topological polar surface area (TPSA) is 76.1 Å². The smallest absolute Gasteiger partial charge is 0.274 e. The largest absolute Gasteiger partial charge is 0.321 e. The number of carbonyl (C=O) groups is 1. The van der Waals surface area contributed by atoms with Crippen LogP contribution < -0.4 is 5.32 Å². The standard InChI is InChI=1S/C19H22N2O3S/c22-19(21-16-9-5-2-6-10-16)18-13-17(11-12-20-18)25(23,24)14-15-7-3-1-4-8-15/h2,5-6,9-13,15H,1,3-4,7-8,14H2,(H,21,22). The lowest BCUT2D eigenvalue weighted by molar-refractivity contribution is 0.102. The van der Waals surface area contributed by atoms with E-state index < -0.39 is 15.7 Å². The van der Waals surface area contributed by atoms with E-state index in [1.165, 1.54) is 24.8 Å². The van der Waals surface area contributed by atoms with Crippen molar-refractivity contribution in [2.45, 2.75) is 37.0 Å². The van der Waals surface area contributed by atoms with Gasteiger partial charge in [0.25, 0.3) is 5.91 Å². The summed E-state index contributed by atoms with van der Waals surface area (Å²) in [5, 5.41) is 2.72. The number of anilines is 1. The molecule has 1 aromatic heterocycles. The Labute approximate surface area is 148 Å². The van der Waals surface area contributed by atoms with E-state index >= 15 is 0 Å². The first-order valence-corrected chi connectivity index (χ1v) is 10.2. The zero-order valence-corrected chi connectivity index (χ0v) is 14.8. The maximum Gasteiger partial charge on any atom is 0.274 e. The van der Waals surface area contributed by atoms with Gasteiger partial charge in [0.2, 0.25) is 0 Å². The van der Waals surface area contributed by atoms with Gasteiger partial charge in [-0.2, -0.15) is 0 Å². The van der Waals surface area contributed by atoms with Crippen molar-refractivity contribution in [3.05, 3.63) is 54.4 Å². The van der Waals surface area contributed by atoms with Gasteiger partial charge in [-0.05, 0) is 43.0 Å². The Kier molecular flexibility index (Phi) is 5.48. The number of aromatic nitrogens is 1. The second-order valence-electron chi connectivity index (χ2n) is 6.48. The van der Waals surface area contributed by atoms with Crippen LogP contribution in [0.2, 0.25) is 0 Å². The number of nitrogens with one attached hydrogen (secondary N) is 1. The van der Waals surface area contributed by atoms with Crippen LogP contribution in [0.15, 0.2) is 53.6 Å². The van der Waals surface area contributed by atoms with Crippen molar-refractivity contribution in [1.29, 1.82) is 0 Å². The van der Waals surface area contributed by atoms with Crippen molar-refractivity contribution in [2.24, 2.45) is 5.92 Å². The highest BCUT2D eigenvalue weighted by molar-refractivity contribution is 7.91. The van der Waals surface area contributed by atoms with Gasteiger partial charge in [0.05, 0.1) is 10.6 Å². The van der Waals surface area contributed by atoms with Gasteiger partial charge < -0.3 is 5.32 Å². The molecule has 6 heteroatoms. The SMILES string of the molecule is O=C(Nc1ccccc1)c1cc(S(=O)(=O)CC2CCCCC2)ccn1. The van der Waals surface area contributed by atoms with Gasteiger partial charge in [0, 0.05) is 11.9 Å². The quantitative estimate of drug-likeness (QED) is 0.884. The molecule has 5 nitrogen and oxygen atoms in total. The summed E-state index contributed by atoms with van der Waals surface area (Å²) in [4.78, 5) is 16.5. The molecule has 0 unspecified atom stereocenters. The maximum atomic E-state index is 12.7. The van der Waals surface area contributed by atoms with Gasteiger partial charge in [0.1, 0.15) is 5.69 Å². The molecule has 25 heavy (non-hydrogen) atoms. The van der Waals surface area contributed by atoms with Crippen LogP contribution in [0.1, 0.15) is 42.6 Å². The van der Waals surface area contributed by atoms with E-state index in [1.54, 1.807) is 12.1 Å². The van der Waals surface area contributed by atoms with Gasteiger partial charge in [-0.25, -0.2) is 8.42 Å². The molecular weight excluding hydrogens is 336 g/mol. The van der Waals surface area contributed by atoms with Crippen molar-refractivity contribution in [3.63, 3.8) is 0 Å². The fourth-order valence-electron chi connectivity index (χ4n) is 3.21. The molecule has 1 saturated carbocycles. The Morgan fingerprint density at radius 2 is 1.80 bits per heavy atom. The van der Waals surface area contributed by atoms with Gasteiger partial charge in [-0.15, -0.1) is 0 Å². The average molecular weight is 358 g/mol. The first kappa shape index (κ1) is 17.6. The van der Waals surface area contributed by atoms with Crippen molar-refractivity contribution in [3.8, 4) is 0 Å². The van der Waals surface area contributed by atoms with Crippen LogP contribution >= 0.6 is 0 Å². The van der Waals surface area contributed by atoms with Crippen molar-refractivity contribution < 1.29 is 13.2 Å². The lowest BCUT2D eigenvalue weighted by atomic mass is 9.91. The van der Waals surface area contributed by atoms with Crippen LogP contribution in [-0.2, 0) is 9.84 Å². The number of benzene rings is 1. The predicted octanol–water partition coefficient (Wildman–Crippen LogP) is 3.69. The van der Waals surface area contributed by atoms with Crippen LogP contribution in [-0.4, -0.2) is 25.1 Å². The van der Waals surface area contributed by atoms with E-state index in [4.69, 9.17) is 0 Å². The molecule has 0 spiro atoms. The molecule has 132 valence electrons. The van der Waals surface area contributed by atoms with Gasteiger partial charge in [-0.1, -0.05) is 37.5 Å². The summed E-state index contributed by atoms with van der Waals surface area (Å²) in [6, 6.07) is 11.9. The number of amides is 1. The summed E-state index contributed by atoms with van der Waals surface area (Å²) in [6.45, 7) is 0. The fraction of sp³-hybridized carbons (Fsp3) is 0.368. The van der Waals surface area contributed by atoms with E-state index in [9.17, 15) is 13.2 Å². The summed E-state index contributed by atoms with van der Waals surface area (Å²) >= 11 is 0. The molecule has 1 amide bonds.